The minimum absolute atomic E-state index is 0.127. The zero-order valence-corrected chi connectivity index (χ0v) is 19.4. The number of nitrogens with one attached hydrogen (secondary N) is 1. The number of halogens is 3. The van der Waals surface area contributed by atoms with Gasteiger partial charge >= 0.3 is 12.6 Å². The van der Waals surface area contributed by atoms with Crippen molar-refractivity contribution in [2.45, 2.75) is 24.3 Å². The van der Waals surface area contributed by atoms with Gasteiger partial charge in [-0.25, -0.2) is 9.50 Å². The number of aliphatic hydroxyl groups excluding tert-OH is 1. The van der Waals surface area contributed by atoms with Crippen molar-refractivity contribution in [1.82, 2.24) is 24.4 Å². The van der Waals surface area contributed by atoms with Crippen LogP contribution in [-0.4, -0.2) is 47.2 Å². The lowest BCUT2D eigenvalue weighted by Crippen LogP contribution is -2.10. The fraction of sp³-hybridized carbons (Fsp3) is 0.158. The number of aliphatic carboxylic acids is 1. The third-order valence-corrected chi connectivity index (χ3v) is 6.42. The Morgan fingerprint density at radius 2 is 2.18 bits per heavy atom. The van der Waals surface area contributed by atoms with E-state index in [2.05, 4.69) is 25.2 Å². The number of aliphatic hydroxyl groups is 1. The summed E-state index contributed by atoms with van der Waals surface area (Å²) in [6.45, 7) is -3.55. The molecule has 0 aliphatic heterocycles. The summed E-state index contributed by atoms with van der Waals surface area (Å²) in [5.74, 6) is -1.29. The van der Waals surface area contributed by atoms with Crippen molar-refractivity contribution < 1.29 is 28.5 Å². The van der Waals surface area contributed by atoms with E-state index in [4.69, 9.17) is 5.11 Å². The molecule has 0 amide bonds. The molecule has 3 N–H and O–H groups in total. The third-order valence-electron chi connectivity index (χ3n) is 4.46. The quantitative estimate of drug-likeness (QED) is 0.198. The first-order valence-corrected chi connectivity index (χ1v) is 12.6. The Morgan fingerprint density at radius 3 is 2.91 bits per heavy atom. The number of benzene rings is 1. The second-order valence-corrected chi connectivity index (χ2v) is 8.58. The lowest BCUT2D eigenvalue weighted by Gasteiger charge is -2.15. The van der Waals surface area contributed by atoms with E-state index in [9.17, 15) is 18.7 Å². The molecule has 0 saturated heterocycles. The molecule has 1 aromatic carbocycles. The Bertz CT molecular complexity index is 1300. The second kappa shape index (κ2) is 9.88. The molecule has 4 rings (SSSR count). The number of carbonyl (C=O) groups is 1. The van der Waals surface area contributed by atoms with Crippen molar-refractivity contribution in [3.05, 3.63) is 54.6 Å². The molecule has 33 heavy (non-hydrogen) atoms. The predicted octanol–water partition coefficient (Wildman–Crippen LogP) is 3.82. The maximum Gasteiger partial charge on any atom is 0.387 e. The molecule has 14 heteroatoms. The highest BCUT2D eigenvalue weighted by molar-refractivity contribution is 14.2. The summed E-state index contributed by atoms with van der Waals surface area (Å²) in [5.41, 5.74) is 1.29. The van der Waals surface area contributed by atoms with Crippen LogP contribution < -0.4 is 10.1 Å². The number of fused-ring (bicyclic) bond motifs is 1. The third kappa shape index (κ3) is 5.17. The summed E-state index contributed by atoms with van der Waals surface area (Å²) in [6, 6.07) is 6.27. The number of aromatic nitrogens is 5. The van der Waals surface area contributed by atoms with Crippen LogP contribution in [0.1, 0.15) is 11.8 Å². The number of hydrogen-bond acceptors (Lipinski definition) is 8. The van der Waals surface area contributed by atoms with Crippen LogP contribution in [0.25, 0.3) is 16.9 Å². The molecular formula is C19H15F2IN6O4S. The monoisotopic (exact) mass is 588 g/mol. The Labute approximate surface area is 201 Å². The molecule has 4 aromatic rings. The highest BCUT2D eigenvalue weighted by Gasteiger charge is 2.22. The Morgan fingerprint density at radius 1 is 1.36 bits per heavy atom. The molecule has 0 bridgehead atoms. The zero-order chi connectivity index (χ0) is 23.5. The molecule has 3 aromatic heterocycles. The summed E-state index contributed by atoms with van der Waals surface area (Å²) in [6.07, 6.45) is 4.70. The minimum atomic E-state index is -3.07. The van der Waals surface area contributed by atoms with E-state index >= 15 is 0 Å². The lowest BCUT2D eigenvalue weighted by atomic mass is 10.1. The van der Waals surface area contributed by atoms with Crippen molar-refractivity contribution in [2.75, 3.05) is 5.32 Å². The van der Waals surface area contributed by atoms with Gasteiger partial charge in [-0.2, -0.15) is 19.0 Å². The normalized spacial score (nSPS) is 12.3. The molecule has 0 aliphatic carbocycles. The Balaban J connectivity index is 1.78. The van der Waals surface area contributed by atoms with Gasteiger partial charge in [-0.15, -0.1) is 0 Å². The van der Waals surface area contributed by atoms with Crippen LogP contribution in [0.2, 0.25) is 0 Å². The van der Waals surface area contributed by atoms with E-state index < -0.39 is 25.4 Å². The molecule has 172 valence electrons. The van der Waals surface area contributed by atoms with Crippen molar-refractivity contribution in [1.29, 1.82) is 0 Å². The summed E-state index contributed by atoms with van der Waals surface area (Å²) in [5, 5.41) is 31.2. The van der Waals surface area contributed by atoms with Gasteiger partial charge in [0.25, 0.3) is 0 Å². The number of ether oxygens (including phenoxy) is 1. The van der Waals surface area contributed by atoms with Gasteiger partial charge in [-0.05, 0) is 24.3 Å². The number of hydrogen-bond donors (Lipinski definition) is 3. The lowest BCUT2D eigenvalue weighted by molar-refractivity contribution is -0.137. The zero-order valence-electron chi connectivity index (χ0n) is 16.5. The Hall–Kier alpha value is -2.98. The van der Waals surface area contributed by atoms with E-state index in [0.717, 1.165) is 9.58 Å². The molecule has 0 radical (unpaired) electrons. The maximum atomic E-state index is 13.0. The highest BCUT2D eigenvalue weighted by Crippen LogP contribution is 2.39. The summed E-state index contributed by atoms with van der Waals surface area (Å²) in [4.78, 5) is 16.1. The number of anilines is 1. The van der Waals surface area contributed by atoms with Crippen LogP contribution in [0.4, 0.5) is 14.5 Å². The van der Waals surface area contributed by atoms with Gasteiger partial charge in [-0.1, -0.05) is 8.93 Å². The fourth-order valence-corrected chi connectivity index (χ4v) is 4.25. The van der Waals surface area contributed by atoms with Crippen LogP contribution in [0.3, 0.4) is 0 Å². The largest absolute Gasteiger partial charge is 0.480 e. The molecule has 1 atom stereocenters. The van der Waals surface area contributed by atoms with Gasteiger partial charge in [0.2, 0.25) is 0 Å². The molecule has 3 heterocycles. The van der Waals surface area contributed by atoms with Crippen LogP contribution in [0.15, 0.2) is 53.9 Å². The average molecular weight is 588 g/mol. The first-order valence-electron chi connectivity index (χ1n) is 9.25. The first-order chi connectivity index (χ1) is 15.9. The molecular weight excluding hydrogens is 573 g/mol. The number of carboxylic acid groups (broad SMARTS) is 1. The molecule has 1 unspecified atom stereocenters. The van der Waals surface area contributed by atoms with Crippen molar-refractivity contribution in [3.8, 4) is 17.0 Å². The molecule has 0 fully saturated rings. The van der Waals surface area contributed by atoms with Crippen LogP contribution in [0.5, 0.6) is 5.75 Å². The molecule has 10 nitrogen and oxygen atoms in total. The van der Waals surface area contributed by atoms with Crippen molar-refractivity contribution in [3.63, 3.8) is 0 Å². The average Bonchev–Trinajstić information content (AvgIpc) is 3.37. The molecule has 0 saturated carbocycles. The summed E-state index contributed by atoms with van der Waals surface area (Å²) >= 11 is 2.04. The standard InChI is InChI=1S/C19H15F2IN6O4S/c20-19(21)32-14-3-2-10(33-22)6-11(14)16-13(8-27(26-16)9-15(29)30)25-18(31)12-7-24-28-5-1-4-23-17(12)28/h1-8,18-19,25,31H,9H2,(H,29,30). The minimum Gasteiger partial charge on any atom is -0.480 e. The van der Waals surface area contributed by atoms with Gasteiger partial charge < -0.3 is 20.3 Å². The van der Waals surface area contributed by atoms with Crippen LogP contribution in [-0.2, 0) is 11.3 Å². The fourth-order valence-electron chi connectivity index (χ4n) is 3.15. The van der Waals surface area contributed by atoms with Gasteiger partial charge in [0.15, 0.2) is 11.9 Å². The smallest absolute Gasteiger partial charge is 0.387 e. The van der Waals surface area contributed by atoms with Crippen LogP contribution >= 0.6 is 30.1 Å². The van der Waals surface area contributed by atoms with Gasteiger partial charge in [0, 0.05) is 50.3 Å². The predicted molar refractivity (Wildman–Crippen MR) is 123 cm³/mol. The van der Waals surface area contributed by atoms with Gasteiger partial charge in [0.1, 0.15) is 18.0 Å². The number of rotatable bonds is 9. The van der Waals surface area contributed by atoms with Crippen molar-refractivity contribution in [2.24, 2.45) is 0 Å². The summed E-state index contributed by atoms with van der Waals surface area (Å²) < 4.78 is 33.3. The summed E-state index contributed by atoms with van der Waals surface area (Å²) in [7, 11) is 1.35. The number of carboxylic acids is 1. The van der Waals surface area contributed by atoms with E-state index in [0.29, 0.717) is 11.2 Å². The Kier molecular flexibility index (Phi) is 6.94. The SMILES string of the molecule is O=C(O)Cn1cc(NC(O)c2cnn3cccnc23)c(-c2cc(SI)ccc2OC(F)F)n1. The van der Waals surface area contributed by atoms with E-state index in [-0.39, 0.29) is 22.7 Å². The highest BCUT2D eigenvalue weighted by atomic mass is 127. The van der Waals surface area contributed by atoms with Crippen LogP contribution in [0, 0.1) is 0 Å². The maximum absolute atomic E-state index is 13.0. The first kappa shape index (κ1) is 23.2. The van der Waals surface area contributed by atoms with E-state index in [1.54, 1.807) is 30.6 Å². The molecule has 0 aliphatic rings. The van der Waals surface area contributed by atoms with Gasteiger partial charge in [0.05, 0.1) is 17.4 Å². The number of alkyl halides is 2. The van der Waals surface area contributed by atoms with Gasteiger partial charge in [-0.3, -0.25) is 9.48 Å². The van der Waals surface area contributed by atoms with Crippen molar-refractivity contribution >= 4 is 47.4 Å². The molecule has 0 spiro atoms. The van der Waals surface area contributed by atoms with E-state index in [1.165, 1.54) is 31.9 Å². The van der Waals surface area contributed by atoms with E-state index in [1.807, 2.05) is 21.2 Å². The second-order valence-electron chi connectivity index (χ2n) is 6.63. The number of nitrogens with zero attached hydrogens (tertiary/aromatic N) is 5. The topological polar surface area (TPSA) is 127 Å².